The third-order valence-electron chi connectivity index (χ3n) is 1.95. The van der Waals surface area contributed by atoms with Crippen LogP contribution in [0.3, 0.4) is 0 Å². The molecule has 14 heavy (non-hydrogen) atoms. The van der Waals surface area contributed by atoms with Gasteiger partial charge in [-0.05, 0) is 18.6 Å². The molecule has 1 aromatic carbocycles. The van der Waals surface area contributed by atoms with Gasteiger partial charge in [0.15, 0.2) is 0 Å². The minimum Gasteiger partial charge on any atom is -0.496 e. The second-order valence-electron chi connectivity index (χ2n) is 3.30. The lowest BCUT2D eigenvalue weighted by atomic mass is 10.0. The summed E-state index contributed by atoms with van der Waals surface area (Å²) in [7, 11) is 1.61. The molecule has 0 bridgehead atoms. The standard InChI is InChI=1S/C11H12ClNO/c1-11(12,8-13)7-9-5-3-4-6-10(9)14-2/h3-6H,7H2,1-2H3. The highest BCUT2D eigenvalue weighted by atomic mass is 35.5. The molecule has 0 aromatic heterocycles. The lowest BCUT2D eigenvalue weighted by molar-refractivity contribution is 0.408. The second kappa shape index (κ2) is 4.34. The fourth-order valence-electron chi connectivity index (χ4n) is 1.25. The van der Waals surface area contributed by atoms with Gasteiger partial charge >= 0.3 is 0 Å². The van der Waals surface area contributed by atoms with E-state index in [9.17, 15) is 0 Å². The highest BCUT2D eigenvalue weighted by molar-refractivity contribution is 6.25. The van der Waals surface area contributed by atoms with Gasteiger partial charge in [0.2, 0.25) is 0 Å². The number of ether oxygens (including phenoxy) is 1. The molecule has 3 heteroatoms. The number of rotatable bonds is 3. The van der Waals surface area contributed by atoms with Crippen LogP contribution in [0.2, 0.25) is 0 Å². The molecule has 0 N–H and O–H groups in total. The predicted molar refractivity (Wildman–Crippen MR) is 56.6 cm³/mol. The zero-order valence-electron chi connectivity index (χ0n) is 8.25. The number of hydrogen-bond donors (Lipinski definition) is 0. The number of alkyl halides is 1. The molecular weight excluding hydrogens is 198 g/mol. The maximum Gasteiger partial charge on any atom is 0.132 e. The van der Waals surface area contributed by atoms with Crippen LogP contribution in [0.5, 0.6) is 5.75 Å². The molecule has 0 saturated heterocycles. The molecular formula is C11H12ClNO. The molecule has 0 fully saturated rings. The van der Waals surface area contributed by atoms with E-state index in [1.165, 1.54) is 0 Å². The lowest BCUT2D eigenvalue weighted by Gasteiger charge is -2.14. The van der Waals surface area contributed by atoms with Gasteiger partial charge in [-0.25, -0.2) is 0 Å². The molecule has 0 radical (unpaired) electrons. The Kier molecular flexibility index (Phi) is 3.38. The molecule has 0 heterocycles. The predicted octanol–water partition coefficient (Wildman–Crippen LogP) is 2.76. The Bertz CT molecular complexity index is 355. The molecule has 0 spiro atoms. The molecule has 0 saturated carbocycles. The summed E-state index contributed by atoms with van der Waals surface area (Å²) in [4.78, 5) is -0.866. The van der Waals surface area contributed by atoms with Gasteiger partial charge in [-0.15, -0.1) is 11.6 Å². The SMILES string of the molecule is COc1ccccc1CC(C)(Cl)C#N. The molecule has 0 aliphatic rings. The first-order chi connectivity index (χ1) is 6.59. The van der Waals surface area contributed by atoms with Crippen LogP contribution in [0.1, 0.15) is 12.5 Å². The summed E-state index contributed by atoms with van der Waals surface area (Å²) < 4.78 is 5.17. The highest BCUT2D eigenvalue weighted by Gasteiger charge is 2.21. The number of nitriles is 1. The van der Waals surface area contributed by atoms with E-state index in [2.05, 4.69) is 6.07 Å². The van der Waals surface area contributed by atoms with Gasteiger partial charge in [0.25, 0.3) is 0 Å². The summed E-state index contributed by atoms with van der Waals surface area (Å²) >= 11 is 5.97. The van der Waals surface area contributed by atoms with E-state index in [-0.39, 0.29) is 0 Å². The molecule has 2 nitrogen and oxygen atoms in total. The Morgan fingerprint density at radius 2 is 2.14 bits per heavy atom. The van der Waals surface area contributed by atoms with Crippen LogP contribution >= 0.6 is 11.6 Å². The van der Waals surface area contributed by atoms with Gasteiger partial charge < -0.3 is 4.74 Å². The minimum atomic E-state index is -0.866. The average Bonchev–Trinajstić information content (AvgIpc) is 2.18. The number of methoxy groups -OCH3 is 1. The van der Waals surface area contributed by atoms with E-state index in [1.54, 1.807) is 14.0 Å². The fourth-order valence-corrected chi connectivity index (χ4v) is 1.39. The molecule has 0 aliphatic heterocycles. The largest absolute Gasteiger partial charge is 0.496 e. The van der Waals surface area contributed by atoms with E-state index in [0.29, 0.717) is 6.42 Å². The van der Waals surface area contributed by atoms with Gasteiger partial charge in [-0.2, -0.15) is 5.26 Å². The van der Waals surface area contributed by atoms with Crippen molar-refractivity contribution >= 4 is 11.6 Å². The summed E-state index contributed by atoms with van der Waals surface area (Å²) in [6.07, 6.45) is 0.481. The maximum absolute atomic E-state index is 8.80. The van der Waals surface area contributed by atoms with Crippen LogP contribution in [0.25, 0.3) is 0 Å². The Morgan fingerprint density at radius 1 is 1.50 bits per heavy atom. The number of halogens is 1. The van der Waals surface area contributed by atoms with E-state index < -0.39 is 4.87 Å². The van der Waals surface area contributed by atoms with Crippen molar-refractivity contribution in [2.45, 2.75) is 18.2 Å². The Balaban J connectivity index is 2.92. The van der Waals surface area contributed by atoms with E-state index in [1.807, 2.05) is 24.3 Å². The van der Waals surface area contributed by atoms with Crippen LogP contribution in [0.15, 0.2) is 24.3 Å². The molecule has 0 amide bonds. The normalized spacial score (nSPS) is 14.1. The average molecular weight is 210 g/mol. The summed E-state index contributed by atoms with van der Waals surface area (Å²) in [5.41, 5.74) is 0.953. The summed E-state index contributed by atoms with van der Waals surface area (Å²) in [6.45, 7) is 1.70. The van der Waals surface area contributed by atoms with Crippen LogP contribution in [0.4, 0.5) is 0 Å². The van der Waals surface area contributed by atoms with E-state index in [4.69, 9.17) is 21.6 Å². The maximum atomic E-state index is 8.80. The van der Waals surface area contributed by atoms with Crippen LogP contribution in [-0.2, 0) is 6.42 Å². The second-order valence-corrected chi connectivity index (χ2v) is 4.13. The van der Waals surface area contributed by atoms with Gasteiger partial charge in [0, 0.05) is 6.42 Å². The third-order valence-corrected chi connectivity index (χ3v) is 2.17. The van der Waals surface area contributed by atoms with Gasteiger partial charge in [0.05, 0.1) is 13.2 Å². The number of benzene rings is 1. The summed E-state index contributed by atoms with van der Waals surface area (Å²) in [6, 6.07) is 9.62. The molecule has 1 atom stereocenters. The first kappa shape index (κ1) is 10.9. The van der Waals surface area contributed by atoms with Crippen LogP contribution in [-0.4, -0.2) is 12.0 Å². The Hall–Kier alpha value is -1.20. The zero-order chi connectivity index (χ0) is 10.6. The van der Waals surface area contributed by atoms with Gasteiger partial charge in [0.1, 0.15) is 10.6 Å². The smallest absolute Gasteiger partial charge is 0.132 e. The van der Waals surface area contributed by atoms with Gasteiger partial charge in [-0.3, -0.25) is 0 Å². The summed E-state index contributed by atoms with van der Waals surface area (Å²) in [5.74, 6) is 0.773. The van der Waals surface area contributed by atoms with Crippen molar-refractivity contribution in [2.75, 3.05) is 7.11 Å². The van der Waals surface area contributed by atoms with Crippen molar-refractivity contribution in [1.82, 2.24) is 0 Å². The summed E-state index contributed by atoms with van der Waals surface area (Å²) in [5, 5.41) is 8.80. The van der Waals surface area contributed by atoms with Crippen molar-refractivity contribution in [3.8, 4) is 11.8 Å². The van der Waals surface area contributed by atoms with Crippen molar-refractivity contribution < 1.29 is 4.74 Å². The molecule has 1 rings (SSSR count). The van der Waals surface area contributed by atoms with Crippen molar-refractivity contribution in [1.29, 1.82) is 5.26 Å². The van der Waals surface area contributed by atoms with E-state index in [0.717, 1.165) is 11.3 Å². The topological polar surface area (TPSA) is 33.0 Å². The highest BCUT2D eigenvalue weighted by Crippen LogP contribution is 2.25. The number of hydrogen-bond acceptors (Lipinski definition) is 2. The van der Waals surface area contributed by atoms with Crippen molar-refractivity contribution in [2.24, 2.45) is 0 Å². The van der Waals surface area contributed by atoms with Crippen molar-refractivity contribution in [3.05, 3.63) is 29.8 Å². The van der Waals surface area contributed by atoms with Crippen molar-refractivity contribution in [3.63, 3.8) is 0 Å². The number of nitrogens with zero attached hydrogens (tertiary/aromatic N) is 1. The Morgan fingerprint density at radius 3 is 2.71 bits per heavy atom. The fraction of sp³-hybridized carbons (Fsp3) is 0.364. The molecule has 1 aromatic rings. The van der Waals surface area contributed by atoms with Crippen LogP contribution < -0.4 is 4.74 Å². The molecule has 74 valence electrons. The number of para-hydroxylation sites is 1. The first-order valence-corrected chi connectivity index (χ1v) is 4.69. The van der Waals surface area contributed by atoms with Crippen LogP contribution in [0, 0.1) is 11.3 Å². The van der Waals surface area contributed by atoms with Gasteiger partial charge in [-0.1, -0.05) is 18.2 Å². The molecule has 1 unspecified atom stereocenters. The first-order valence-electron chi connectivity index (χ1n) is 4.31. The van der Waals surface area contributed by atoms with E-state index >= 15 is 0 Å². The zero-order valence-corrected chi connectivity index (χ0v) is 9.01. The molecule has 0 aliphatic carbocycles. The monoisotopic (exact) mass is 209 g/mol. The quantitative estimate of drug-likeness (QED) is 0.718. The Labute approximate surface area is 89.1 Å². The third kappa shape index (κ3) is 2.65. The lowest BCUT2D eigenvalue weighted by Crippen LogP contribution is -2.17. The minimum absolute atomic E-state index is 0.481.